The Kier molecular flexibility index (Phi) is 3.88. The molecule has 0 fully saturated rings. The number of carbonyl (C=O) groups excluding carboxylic acids is 1. The van der Waals surface area contributed by atoms with Crippen LogP contribution in [0.15, 0.2) is 76.2 Å². The van der Waals surface area contributed by atoms with E-state index in [0.717, 1.165) is 0 Å². The lowest BCUT2D eigenvalue weighted by molar-refractivity contribution is -0.384. The molecule has 1 atom stereocenters. The Morgan fingerprint density at radius 2 is 1.77 bits per heavy atom. The van der Waals surface area contributed by atoms with Crippen LogP contribution in [0, 0.1) is 10.1 Å². The number of carbonyl (C=O) groups is 1. The van der Waals surface area contributed by atoms with Crippen molar-refractivity contribution in [2.45, 2.75) is 6.04 Å². The fraction of sp³-hybridized carbons (Fsp3) is 0.0476. The van der Waals surface area contributed by atoms with Crippen LogP contribution in [0.1, 0.15) is 27.7 Å². The molecule has 1 aliphatic heterocycles. The SMILES string of the molecule is O=C1c2oc3ccccc3c(=O)c2C(c2cccc([N+](=O)[O-])c2)N1c1ncccn1. The highest BCUT2D eigenvalue weighted by atomic mass is 16.6. The Morgan fingerprint density at radius 1 is 1.00 bits per heavy atom. The Morgan fingerprint density at radius 3 is 2.53 bits per heavy atom. The third kappa shape index (κ3) is 2.56. The van der Waals surface area contributed by atoms with Crippen LogP contribution in [-0.4, -0.2) is 20.8 Å². The summed E-state index contributed by atoms with van der Waals surface area (Å²) in [5, 5.41) is 11.6. The topological polar surface area (TPSA) is 119 Å². The van der Waals surface area contributed by atoms with Crippen molar-refractivity contribution in [3.63, 3.8) is 0 Å². The highest BCUT2D eigenvalue weighted by Crippen LogP contribution is 2.40. The average Bonchev–Trinajstić information content (AvgIpc) is 3.07. The number of hydrogen-bond donors (Lipinski definition) is 0. The molecule has 30 heavy (non-hydrogen) atoms. The molecule has 4 aromatic rings. The second kappa shape index (κ2) is 6.59. The first-order chi connectivity index (χ1) is 14.6. The number of amides is 1. The van der Waals surface area contributed by atoms with Crippen LogP contribution in [0.5, 0.6) is 0 Å². The van der Waals surface area contributed by atoms with Gasteiger partial charge in [0.2, 0.25) is 11.7 Å². The molecule has 146 valence electrons. The van der Waals surface area contributed by atoms with Crippen LogP contribution >= 0.6 is 0 Å². The summed E-state index contributed by atoms with van der Waals surface area (Å²) in [7, 11) is 0. The van der Waals surface area contributed by atoms with Gasteiger partial charge >= 0.3 is 0 Å². The van der Waals surface area contributed by atoms with Gasteiger partial charge in [0.05, 0.1) is 21.9 Å². The number of fused-ring (bicyclic) bond motifs is 2. The second-order valence-electron chi connectivity index (χ2n) is 6.65. The molecule has 0 N–H and O–H groups in total. The number of rotatable bonds is 3. The van der Waals surface area contributed by atoms with Gasteiger partial charge in [-0.1, -0.05) is 24.3 Å². The maximum absolute atomic E-state index is 13.3. The number of aromatic nitrogens is 2. The fourth-order valence-electron chi connectivity index (χ4n) is 3.67. The second-order valence-corrected chi connectivity index (χ2v) is 6.65. The number of nitro benzene ring substituents is 1. The van der Waals surface area contributed by atoms with E-state index in [2.05, 4.69) is 9.97 Å². The number of anilines is 1. The Bertz CT molecular complexity index is 1380. The number of para-hydroxylation sites is 1. The van der Waals surface area contributed by atoms with E-state index in [0.29, 0.717) is 10.9 Å². The Hall–Kier alpha value is -4.40. The number of nitro groups is 1. The third-order valence-corrected chi connectivity index (χ3v) is 4.94. The first kappa shape index (κ1) is 17.7. The van der Waals surface area contributed by atoms with Gasteiger partial charge in [0.15, 0.2) is 5.43 Å². The zero-order valence-electron chi connectivity index (χ0n) is 15.3. The molecular weight excluding hydrogens is 388 g/mol. The lowest BCUT2D eigenvalue weighted by atomic mass is 9.98. The maximum Gasteiger partial charge on any atom is 0.297 e. The molecular formula is C21H12N4O5. The molecule has 2 aromatic carbocycles. The zero-order valence-corrected chi connectivity index (χ0v) is 15.3. The van der Waals surface area contributed by atoms with Gasteiger partial charge in [0.25, 0.3) is 11.6 Å². The molecule has 0 spiro atoms. The number of nitrogens with zero attached hydrogens (tertiary/aromatic N) is 4. The molecule has 1 aliphatic rings. The summed E-state index contributed by atoms with van der Waals surface area (Å²) in [5.74, 6) is -0.646. The van der Waals surface area contributed by atoms with Crippen molar-refractivity contribution in [2.24, 2.45) is 0 Å². The molecule has 0 radical (unpaired) electrons. The van der Waals surface area contributed by atoms with Gasteiger partial charge in [-0.3, -0.25) is 24.6 Å². The van der Waals surface area contributed by atoms with Crippen molar-refractivity contribution in [1.82, 2.24) is 9.97 Å². The summed E-state index contributed by atoms with van der Waals surface area (Å²) in [6.45, 7) is 0. The first-order valence-electron chi connectivity index (χ1n) is 8.97. The summed E-state index contributed by atoms with van der Waals surface area (Å²) in [6, 6.07) is 13.0. The van der Waals surface area contributed by atoms with Crippen LogP contribution in [0.3, 0.4) is 0 Å². The lowest BCUT2D eigenvalue weighted by Gasteiger charge is -2.22. The average molecular weight is 400 g/mol. The minimum atomic E-state index is -0.962. The maximum atomic E-state index is 13.3. The molecule has 1 amide bonds. The van der Waals surface area contributed by atoms with Crippen molar-refractivity contribution in [2.75, 3.05) is 4.90 Å². The molecule has 9 nitrogen and oxygen atoms in total. The van der Waals surface area contributed by atoms with Gasteiger partial charge in [-0.25, -0.2) is 9.97 Å². The van der Waals surface area contributed by atoms with Gasteiger partial charge in [0, 0.05) is 24.5 Å². The summed E-state index contributed by atoms with van der Waals surface area (Å²) in [4.78, 5) is 46.9. The van der Waals surface area contributed by atoms with Crippen LogP contribution < -0.4 is 10.3 Å². The van der Waals surface area contributed by atoms with Crippen molar-refractivity contribution >= 4 is 28.5 Å². The van der Waals surface area contributed by atoms with Gasteiger partial charge in [-0.2, -0.15) is 0 Å². The normalized spacial score (nSPS) is 15.4. The minimum absolute atomic E-state index is 0.0638. The van der Waals surface area contributed by atoms with E-state index < -0.39 is 16.9 Å². The third-order valence-electron chi connectivity index (χ3n) is 4.94. The molecule has 0 saturated heterocycles. The van der Waals surface area contributed by atoms with Crippen LogP contribution in [0.2, 0.25) is 0 Å². The number of non-ortho nitro benzene ring substituents is 1. The summed E-state index contributed by atoms with van der Waals surface area (Å²) < 4.78 is 5.80. The van der Waals surface area contributed by atoms with E-state index in [-0.39, 0.29) is 34.0 Å². The van der Waals surface area contributed by atoms with E-state index in [1.165, 1.54) is 35.5 Å². The first-order valence-corrected chi connectivity index (χ1v) is 8.97. The molecule has 9 heteroatoms. The standard InChI is InChI=1S/C21H12N4O5/c26-18-14-7-1-2-8-15(14)30-19-16(18)17(12-5-3-6-13(11-12)25(28)29)24(20(19)27)21-22-9-4-10-23-21/h1-11,17H. The fourth-order valence-corrected chi connectivity index (χ4v) is 3.67. The van der Waals surface area contributed by atoms with Crippen molar-refractivity contribution in [1.29, 1.82) is 0 Å². The number of hydrogen-bond acceptors (Lipinski definition) is 7. The molecule has 2 aromatic heterocycles. The largest absolute Gasteiger partial charge is 0.450 e. The molecule has 5 rings (SSSR count). The Balaban J connectivity index is 1.83. The van der Waals surface area contributed by atoms with E-state index >= 15 is 0 Å². The molecule has 3 heterocycles. The molecule has 0 saturated carbocycles. The predicted octanol–water partition coefficient (Wildman–Crippen LogP) is 3.24. The molecule has 1 unspecified atom stereocenters. The van der Waals surface area contributed by atoms with Gasteiger partial charge in [-0.15, -0.1) is 0 Å². The summed E-state index contributed by atoms with van der Waals surface area (Å²) >= 11 is 0. The van der Waals surface area contributed by atoms with E-state index in [9.17, 15) is 19.7 Å². The smallest absolute Gasteiger partial charge is 0.297 e. The molecule has 0 bridgehead atoms. The van der Waals surface area contributed by atoms with Crippen molar-refractivity contribution < 1.29 is 14.1 Å². The highest BCUT2D eigenvalue weighted by molar-refractivity contribution is 6.09. The predicted molar refractivity (Wildman–Crippen MR) is 106 cm³/mol. The van der Waals surface area contributed by atoms with Crippen LogP contribution in [0.4, 0.5) is 11.6 Å². The lowest BCUT2D eigenvalue weighted by Crippen LogP contribution is -2.31. The monoisotopic (exact) mass is 400 g/mol. The van der Waals surface area contributed by atoms with Crippen molar-refractivity contribution in [3.8, 4) is 0 Å². The Labute approximate surface area is 168 Å². The van der Waals surface area contributed by atoms with Crippen molar-refractivity contribution in [3.05, 3.63) is 104 Å². The summed E-state index contributed by atoms with van der Waals surface area (Å²) in [5.41, 5.74) is 0.226. The van der Waals surface area contributed by atoms with Gasteiger partial charge < -0.3 is 4.42 Å². The number of benzene rings is 2. The van der Waals surface area contributed by atoms with E-state index in [1.807, 2.05) is 0 Å². The van der Waals surface area contributed by atoms with Crippen LogP contribution in [-0.2, 0) is 0 Å². The van der Waals surface area contributed by atoms with Crippen LogP contribution in [0.25, 0.3) is 11.0 Å². The highest BCUT2D eigenvalue weighted by Gasteiger charge is 2.45. The quantitative estimate of drug-likeness (QED) is 0.382. The van der Waals surface area contributed by atoms with Gasteiger partial charge in [-0.05, 0) is 23.8 Å². The zero-order chi connectivity index (χ0) is 20.8. The summed E-state index contributed by atoms with van der Waals surface area (Å²) in [6.07, 6.45) is 2.93. The minimum Gasteiger partial charge on any atom is -0.450 e. The van der Waals surface area contributed by atoms with Gasteiger partial charge in [0.1, 0.15) is 5.58 Å². The molecule has 0 aliphatic carbocycles. The van der Waals surface area contributed by atoms with E-state index in [1.54, 1.807) is 36.4 Å². The van der Waals surface area contributed by atoms with E-state index in [4.69, 9.17) is 4.42 Å².